The van der Waals surface area contributed by atoms with Crippen LogP contribution in [-0.4, -0.2) is 21.6 Å². The molecule has 124 valence electrons. The summed E-state index contributed by atoms with van der Waals surface area (Å²) in [7, 11) is 0. The fourth-order valence-corrected chi connectivity index (χ4v) is 2.01. The number of amides is 1. The number of hydrogen-bond acceptors (Lipinski definition) is 5. The standard InChI is InChI=1S/C16H14FN3O4/c1-2-14(13-9-11(17)6-7-15(13)21)18-19-16(22)10-4-3-5-12(8-10)20(23)24/h3-9,21H,2H2,1H3,(H,19,22)/b18-14+. The summed E-state index contributed by atoms with van der Waals surface area (Å²) in [6, 6.07) is 8.58. The summed E-state index contributed by atoms with van der Waals surface area (Å²) in [4.78, 5) is 22.2. The van der Waals surface area contributed by atoms with Crippen molar-refractivity contribution in [2.45, 2.75) is 13.3 Å². The molecule has 0 aliphatic rings. The van der Waals surface area contributed by atoms with Gasteiger partial charge in [0, 0.05) is 23.3 Å². The number of benzene rings is 2. The summed E-state index contributed by atoms with van der Waals surface area (Å²) < 4.78 is 13.3. The molecule has 0 saturated heterocycles. The molecule has 0 aliphatic carbocycles. The average molecular weight is 331 g/mol. The van der Waals surface area contributed by atoms with E-state index in [1.165, 1.54) is 24.3 Å². The highest BCUT2D eigenvalue weighted by Gasteiger charge is 2.13. The molecule has 0 aromatic heterocycles. The molecule has 1 amide bonds. The quantitative estimate of drug-likeness (QED) is 0.499. The van der Waals surface area contributed by atoms with Gasteiger partial charge in [0.2, 0.25) is 0 Å². The van der Waals surface area contributed by atoms with Gasteiger partial charge in [-0.3, -0.25) is 14.9 Å². The van der Waals surface area contributed by atoms with Gasteiger partial charge < -0.3 is 5.11 Å². The van der Waals surface area contributed by atoms with E-state index in [1.807, 2.05) is 0 Å². The maximum Gasteiger partial charge on any atom is 0.271 e. The topological polar surface area (TPSA) is 105 Å². The molecule has 0 heterocycles. The summed E-state index contributed by atoms with van der Waals surface area (Å²) in [5.41, 5.74) is 2.53. The molecule has 0 spiro atoms. The number of aromatic hydroxyl groups is 1. The first-order valence-corrected chi connectivity index (χ1v) is 7.02. The van der Waals surface area contributed by atoms with Crippen LogP contribution in [0.5, 0.6) is 5.75 Å². The van der Waals surface area contributed by atoms with Crippen molar-refractivity contribution in [3.8, 4) is 5.75 Å². The third-order valence-corrected chi connectivity index (χ3v) is 3.22. The summed E-state index contributed by atoms with van der Waals surface area (Å²) in [6.07, 6.45) is 0.326. The number of nitro benzene ring substituents is 1. The number of phenols is 1. The molecule has 2 N–H and O–H groups in total. The Labute approximate surface area is 136 Å². The van der Waals surface area contributed by atoms with Gasteiger partial charge in [0.1, 0.15) is 11.6 Å². The highest BCUT2D eigenvalue weighted by atomic mass is 19.1. The van der Waals surface area contributed by atoms with Gasteiger partial charge in [0.25, 0.3) is 11.6 Å². The second-order valence-electron chi connectivity index (χ2n) is 4.82. The molecule has 0 atom stereocenters. The molecule has 2 aromatic carbocycles. The molecule has 7 nitrogen and oxygen atoms in total. The van der Waals surface area contributed by atoms with E-state index >= 15 is 0 Å². The van der Waals surface area contributed by atoms with Crippen molar-refractivity contribution in [3.05, 3.63) is 69.5 Å². The van der Waals surface area contributed by atoms with Crippen molar-refractivity contribution in [2.75, 3.05) is 0 Å². The third kappa shape index (κ3) is 3.92. The Morgan fingerprint density at radius 3 is 2.75 bits per heavy atom. The molecule has 24 heavy (non-hydrogen) atoms. The Kier molecular flexibility index (Phi) is 5.20. The van der Waals surface area contributed by atoms with E-state index in [1.54, 1.807) is 6.92 Å². The maximum absolute atomic E-state index is 13.3. The lowest BCUT2D eigenvalue weighted by Crippen LogP contribution is -2.20. The van der Waals surface area contributed by atoms with Crippen LogP contribution in [-0.2, 0) is 0 Å². The van der Waals surface area contributed by atoms with E-state index in [2.05, 4.69) is 10.5 Å². The molecule has 2 rings (SSSR count). The van der Waals surface area contributed by atoms with Crippen LogP contribution in [0.3, 0.4) is 0 Å². The second kappa shape index (κ2) is 7.32. The highest BCUT2D eigenvalue weighted by molar-refractivity contribution is 6.04. The number of hydrogen-bond donors (Lipinski definition) is 2. The number of non-ortho nitro benzene ring substituents is 1. The zero-order chi connectivity index (χ0) is 17.7. The lowest BCUT2D eigenvalue weighted by Gasteiger charge is -2.07. The van der Waals surface area contributed by atoms with Gasteiger partial charge in [0.15, 0.2) is 0 Å². The van der Waals surface area contributed by atoms with Crippen molar-refractivity contribution in [1.29, 1.82) is 0 Å². The molecule has 8 heteroatoms. The van der Waals surface area contributed by atoms with Gasteiger partial charge in [-0.2, -0.15) is 5.10 Å². The molecule has 0 bridgehead atoms. The predicted molar refractivity (Wildman–Crippen MR) is 85.5 cm³/mol. The third-order valence-electron chi connectivity index (χ3n) is 3.22. The molecule has 0 unspecified atom stereocenters. The van der Waals surface area contributed by atoms with Crippen molar-refractivity contribution in [2.24, 2.45) is 5.10 Å². The number of hydrazone groups is 1. The summed E-state index contributed by atoms with van der Waals surface area (Å²) in [5, 5.41) is 24.4. The number of halogens is 1. The zero-order valence-corrected chi connectivity index (χ0v) is 12.7. The van der Waals surface area contributed by atoms with Crippen LogP contribution in [0, 0.1) is 15.9 Å². The van der Waals surface area contributed by atoms with E-state index in [0.717, 1.165) is 18.2 Å². The summed E-state index contributed by atoms with van der Waals surface area (Å²) >= 11 is 0. The zero-order valence-electron chi connectivity index (χ0n) is 12.7. The van der Waals surface area contributed by atoms with E-state index in [9.17, 15) is 24.4 Å². The van der Waals surface area contributed by atoms with Crippen LogP contribution in [0.1, 0.15) is 29.3 Å². The van der Waals surface area contributed by atoms with Crippen molar-refractivity contribution in [1.82, 2.24) is 5.43 Å². The van der Waals surface area contributed by atoms with Crippen LogP contribution in [0.4, 0.5) is 10.1 Å². The molecule has 0 aliphatic heterocycles. The number of rotatable bonds is 5. The van der Waals surface area contributed by atoms with Crippen molar-refractivity contribution >= 4 is 17.3 Å². The van der Waals surface area contributed by atoms with Crippen molar-refractivity contribution in [3.63, 3.8) is 0 Å². The fourth-order valence-electron chi connectivity index (χ4n) is 2.01. The Morgan fingerprint density at radius 2 is 2.08 bits per heavy atom. The van der Waals surface area contributed by atoms with E-state index in [4.69, 9.17) is 0 Å². The van der Waals surface area contributed by atoms with Crippen LogP contribution < -0.4 is 5.43 Å². The number of nitrogens with one attached hydrogen (secondary N) is 1. The molecule has 2 aromatic rings. The summed E-state index contributed by atoms with van der Waals surface area (Å²) in [6.45, 7) is 1.72. The Bertz CT molecular complexity index is 821. The average Bonchev–Trinajstić information content (AvgIpc) is 2.58. The number of nitro groups is 1. The number of carbonyl (C=O) groups is 1. The predicted octanol–water partition coefficient (Wildman–Crippen LogP) is 2.98. The van der Waals surface area contributed by atoms with Gasteiger partial charge in [-0.25, -0.2) is 9.82 Å². The number of nitrogens with zero attached hydrogens (tertiary/aromatic N) is 2. The van der Waals surface area contributed by atoms with E-state index in [0.29, 0.717) is 6.42 Å². The number of carbonyl (C=O) groups excluding carboxylic acids is 1. The van der Waals surface area contributed by atoms with Crippen LogP contribution in [0.2, 0.25) is 0 Å². The minimum atomic E-state index is -0.652. The molecular weight excluding hydrogens is 317 g/mol. The SMILES string of the molecule is CC/C(=N\NC(=O)c1cccc([N+](=O)[O-])c1)c1cc(F)ccc1O. The monoisotopic (exact) mass is 331 g/mol. The van der Waals surface area contributed by atoms with Gasteiger partial charge in [-0.1, -0.05) is 13.0 Å². The van der Waals surface area contributed by atoms with Crippen LogP contribution in [0.25, 0.3) is 0 Å². The first-order chi connectivity index (χ1) is 11.4. The second-order valence-corrected chi connectivity index (χ2v) is 4.82. The first kappa shape index (κ1) is 17.1. The highest BCUT2D eigenvalue weighted by Crippen LogP contribution is 2.20. The minimum Gasteiger partial charge on any atom is -0.507 e. The minimum absolute atomic E-state index is 0.0619. The maximum atomic E-state index is 13.3. The Hall–Kier alpha value is -3.29. The molecular formula is C16H14FN3O4. The van der Waals surface area contributed by atoms with Gasteiger partial charge in [-0.05, 0) is 30.7 Å². The molecule has 0 saturated carbocycles. The first-order valence-electron chi connectivity index (χ1n) is 7.02. The normalized spacial score (nSPS) is 11.2. The van der Waals surface area contributed by atoms with Gasteiger partial charge in [0.05, 0.1) is 10.6 Å². The Balaban J connectivity index is 2.24. The van der Waals surface area contributed by atoms with Crippen molar-refractivity contribution < 1.29 is 19.2 Å². The Morgan fingerprint density at radius 1 is 1.33 bits per heavy atom. The largest absolute Gasteiger partial charge is 0.507 e. The molecule has 0 fully saturated rings. The lowest BCUT2D eigenvalue weighted by molar-refractivity contribution is -0.384. The summed E-state index contributed by atoms with van der Waals surface area (Å²) in [5.74, 6) is -1.36. The lowest BCUT2D eigenvalue weighted by atomic mass is 10.1. The number of phenolic OH excluding ortho intramolecular Hbond substituents is 1. The fraction of sp³-hybridized carbons (Fsp3) is 0.125. The van der Waals surface area contributed by atoms with E-state index < -0.39 is 16.6 Å². The van der Waals surface area contributed by atoms with Crippen LogP contribution in [0.15, 0.2) is 47.6 Å². The van der Waals surface area contributed by atoms with E-state index in [-0.39, 0.29) is 28.3 Å². The van der Waals surface area contributed by atoms with Crippen LogP contribution >= 0.6 is 0 Å². The van der Waals surface area contributed by atoms with Gasteiger partial charge >= 0.3 is 0 Å². The smallest absolute Gasteiger partial charge is 0.271 e. The molecule has 0 radical (unpaired) electrons. The van der Waals surface area contributed by atoms with Gasteiger partial charge in [-0.15, -0.1) is 0 Å².